The van der Waals surface area contributed by atoms with Crippen LogP contribution in [0.4, 0.5) is 0 Å². The molecular formula is C21H27N3O3. The van der Waals surface area contributed by atoms with Gasteiger partial charge in [-0.25, -0.2) is 0 Å². The van der Waals surface area contributed by atoms with E-state index in [1.165, 1.54) is 0 Å². The molecule has 27 heavy (non-hydrogen) atoms. The lowest BCUT2D eigenvalue weighted by atomic mass is 10.2. The summed E-state index contributed by atoms with van der Waals surface area (Å²) >= 11 is 0. The molecule has 1 aromatic carbocycles. The zero-order chi connectivity index (χ0) is 19.6. The van der Waals surface area contributed by atoms with Crippen molar-refractivity contribution >= 4 is 11.8 Å². The summed E-state index contributed by atoms with van der Waals surface area (Å²) in [6.07, 6.45) is 0. The van der Waals surface area contributed by atoms with Gasteiger partial charge in [-0.2, -0.15) is 0 Å². The molecule has 6 nitrogen and oxygen atoms in total. The normalized spacial score (nSPS) is 15.5. The number of nitrogens with zero attached hydrogens (tertiary/aromatic N) is 2. The van der Waals surface area contributed by atoms with Crippen LogP contribution in [0.1, 0.15) is 34.2 Å². The van der Waals surface area contributed by atoms with Crippen molar-refractivity contribution in [2.45, 2.75) is 33.7 Å². The van der Waals surface area contributed by atoms with Crippen LogP contribution in [0, 0.1) is 20.8 Å². The van der Waals surface area contributed by atoms with Gasteiger partial charge in [0.25, 0.3) is 5.91 Å². The highest BCUT2D eigenvalue weighted by Crippen LogP contribution is 2.23. The monoisotopic (exact) mass is 369 g/mol. The summed E-state index contributed by atoms with van der Waals surface area (Å²) in [5, 5.41) is 2.86. The largest absolute Gasteiger partial charge is 0.378 e. The molecule has 0 aliphatic carbocycles. The molecule has 1 aromatic heterocycles. The Morgan fingerprint density at radius 3 is 2.44 bits per heavy atom. The number of hydrogen-bond acceptors (Lipinski definition) is 3. The highest BCUT2D eigenvalue weighted by atomic mass is 16.5. The number of para-hydroxylation sites is 1. The first-order valence-corrected chi connectivity index (χ1v) is 9.32. The number of carbonyl (C=O) groups is 2. The molecule has 6 heteroatoms. The SMILES string of the molecule is Cc1ccccc1-n1c(C)cc(C(=O)N[C@H](C)C(=O)N2CCOCC2)c1C. The van der Waals surface area contributed by atoms with Gasteiger partial charge in [0.1, 0.15) is 6.04 Å². The smallest absolute Gasteiger partial charge is 0.253 e. The maximum atomic E-state index is 12.8. The quantitative estimate of drug-likeness (QED) is 0.900. The zero-order valence-corrected chi connectivity index (χ0v) is 16.4. The average molecular weight is 369 g/mol. The van der Waals surface area contributed by atoms with E-state index in [9.17, 15) is 9.59 Å². The van der Waals surface area contributed by atoms with Crippen LogP contribution >= 0.6 is 0 Å². The Balaban J connectivity index is 1.78. The minimum absolute atomic E-state index is 0.0700. The van der Waals surface area contributed by atoms with Gasteiger partial charge in [0.15, 0.2) is 0 Å². The molecule has 1 aliphatic heterocycles. The van der Waals surface area contributed by atoms with E-state index < -0.39 is 6.04 Å². The number of rotatable bonds is 4. The Morgan fingerprint density at radius 1 is 1.11 bits per heavy atom. The average Bonchev–Trinajstić information content (AvgIpc) is 2.96. The molecule has 1 aliphatic rings. The molecule has 1 atom stereocenters. The van der Waals surface area contributed by atoms with Gasteiger partial charge in [0.05, 0.1) is 18.8 Å². The number of carbonyl (C=O) groups excluding carboxylic acids is 2. The van der Waals surface area contributed by atoms with E-state index in [0.29, 0.717) is 31.9 Å². The number of benzene rings is 1. The first kappa shape index (κ1) is 19.2. The molecule has 144 valence electrons. The van der Waals surface area contributed by atoms with Crippen molar-refractivity contribution in [1.82, 2.24) is 14.8 Å². The Bertz CT molecular complexity index is 850. The second-order valence-electron chi connectivity index (χ2n) is 7.04. The third kappa shape index (κ3) is 3.90. The van der Waals surface area contributed by atoms with Crippen molar-refractivity contribution in [3.63, 3.8) is 0 Å². The molecule has 1 N–H and O–H groups in total. The molecule has 2 amide bonds. The highest BCUT2D eigenvalue weighted by molar-refractivity contribution is 5.98. The van der Waals surface area contributed by atoms with Gasteiger partial charge >= 0.3 is 0 Å². The van der Waals surface area contributed by atoms with Crippen LogP contribution in [0.5, 0.6) is 0 Å². The molecule has 2 heterocycles. The predicted octanol–water partition coefficient (Wildman–Crippen LogP) is 2.38. The predicted molar refractivity (Wildman–Crippen MR) is 104 cm³/mol. The van der Waals surface area contributed by atoms with Gasteiger partial charge in [-0.3, -0.25) is 9.59 Å². The highest BCUT2D eigenvalue weighted by Gasteiger charge is 2.25. The Labute approximate surface area is 160 Å². The molecule has 1 fully saturated rings. The number of aromatic nitrogens is 1. The van der Waals surface area contributed by atoms with Crippen molar-refractivity contribution in [1.29, 1.82) is 0 Å². The van der Waals surface area contributed by atoms with Gasteiger partial charge in [-0.15, -0.1) is 0 Å². The van der Waals surface area contributed by atoms with Crippen LogP contribution in [0.15, 0.2) is 30.3 Å². The molecule has 0 bridgehead atoms. The molecule has 0 saturated carbocycles. The lowest BCUT2D eigenvalue weighted by Gasteiger charge is -2.29. The van der Waals surface area contributed by atoms with E-state index in [2.05, 4.69) is 22.9 Å². The summed E-state index contributed by atoms with van der Waals surface area (Å²) in [6.45, 7) is 9.93. The second-order valence-corrected chi connectivity index (χ2v) is 7.04. The van der Waals surface area contributed by atoms with Crippen LogP contribution < -0.4 is 5.32 Å². The summed E-state index contributed by atoms with van der Waals surface area (Å²) < 4.78 is 7.36. The summed E-state index contributed by atoms with van der Waals surface area (Å²) in [5.74, 6) is -0.295. The maximum absolute atomic E-state index is 12.8. The molecular weight excluding hydrogens is 342 g/mol. The van der Waals surface area contributed by atoms with E-state index >= 15 is 0 Å². The third-order valence-electron chi connectivity index (χ3n) is 5.07. The fraction of sp³-hybridized carbons (Fsp3) is 0.429. The maximum Gasteiger partial charge on any atom is 0.253 e. The Morgan fingerprint density at radius 2 is 1.78 bits per heavy atom. The minimum Gasteiger partial charge on any atom is -0.378 e. The number of aryl methyl sites for hydroxylation is 2. The van der Waals surface area contributed by atoms with Crippen LogP contribution in [-0.2, 0) is 9.53 Å². The van der Waals surface area contributed by atoms with Crippen molar-refractivity contribution in [2.24, 2.45) is 0 Å². The van der Waals surface area contributed by atoms with Crippen LogP contribution in [0.2, 0.25) is 0 Å². The lowest BCUT2D eigenvalue weighted by molar-refractivity contribution is -0.136. The van der Waals surface area contributed by atoms with Crippen molar-refractivity contribution < 1.29 is 14.3 Å². The fourth-order valence-corrected chi connectivity index (χ4v) is 3.57. The molecule has 2 aromatic rings. The number of ether oxygens (including phenoxy) is 1. The molecule has 0 radical (unpaired) electrons. The van der Waals surface area contributed by atoms with Gasteiger partial charge in [-0.05, 0) is 45.4 Å². The van der Waals surface area contributed by atoms with E-state index in [1.54, 1.807) is 11.8 Å². The van der Waals surface area contributed by atoms with E-state index in [1.807, 2.05) is 38.1 Å². The van der Waals surface area contributed by atoms with E-state index in [0.717, 1.165) is 22.6 Å². The van der Waals surface area contributed by atoms with Gasteiger partial charge in [0.2, 0.25) is 5.91 Å². The van der Waals surface area contributed by atoms with Crippen molar-refractivity contribution in [3.05, 3.63) is 52.8 Å². The molecule has 1 saturated heterocycles. The van der Waals surface area contributed by atoms with Crippen molar-refractivity contribution in [3.8, 4) is 5.69 Å². The summed E-state index contributed by atoms with van der Waals surface area (Å²) in [6, 6.07) is 9.39. The summed E-state index contributed by atoms with van der Waals surface area (Å²) in [7, 11) is 0. The topological polar surface area (TPSA) is 63.6 Å². The number of nitrogens with one attached hydrogen (secondary N) is 1. The number of hydrogen-bond donors (Lipinski definition) is 1. The number of amides is 2. The number of morpholine rings is 1. The Kier molecular flexibility index (Phi) is 5.65. The van der Waals surface area contributed by atoms with Crippen LogP contribution in [0.25, 0.3) is 5.69 Å². The second kappa shape index (κ2) is 7.96. The molecule has 3 rings (SSSR count). The molecule has 0 unspecified atom stereocenters. The summed E-state index contributed by atoms with van der Waals surface area (Å²) in [5.41, 5.74) is 4.65. The van der Waals surface area contributed by atoms with Gasteiger partial charge in [0, 0.05) is 30.2 Å². The zero-order valence-electron chi connectivity index (χ0n) is 16.4. The standard InChI is InChI=1S/C21H27N3O3/c1-14-7-5-6-8-19(14)24-15(2)13-18(17(24)4)20(25)22-16(3)21(26)23-9-11-27-12-10-23/h5-8,13,16H,9-12H2,1-4H3,(H,22,25)/t16-/m1/s1. The lowest BCUT2D eigenvalue weighted by Crippen LogP contribution is -2.50. The summed E-state index contributed by atoms with van der Waals surface area (Å²) in [4.78, 5) is 27.1. The third-order valence-corrected chi connectivity index (χ3v) is 5.07. The molecule has 0 spiro atoms. The van der Waals surface area contributed by atoms with Crippen LogP contribution in [0.3, 0.4) is 0 Å². The fourth-order valence-electron chi connectivity index (χ4n) is 3.57. The first-order chi connectivity index (χ1) is 12.9. The minimum atomic E-state index is -0.572. The van der Waals surface area contributed by atoms with Gasteiger partial charge < -0.3 is 19.5 Å². The van der Waals surface area contributed by atoms with E-state index in [4.69, 9.17) is 4.74 Å². The van der Waals surface area contributed by atoms with Gasteiger partial charge in [-0.1, -0.05) is 18.2 Å². The van der Waals surface area contributed by atoms with E-state index in [-0.39, 0.29) is 11.8 Å². The van der Waals surface area contributed by atoms with Crippen LogP contribution in [-0.4, -0.2) is 53.6 Å². The Hall–Kier alpha value is -2.60. The first-order valence-electron chi connectivity index (χ1n) is 9.32. The van der Waals surface area contributed by atoms with Crippen molar-refractivity contribution in [2.75, 3.05) is 26.3 Å².